The van der Waals surface area contributed by atoms with Crippen LogP contribution in [0.25, 0.3) is 0 Å². The van der Waals surface area contributed by atoms with Crippen LogP contribution in [0.3, 0.4) is 0 Å². The third-order valence-corrected chi connectivity index (χ3v) is 2.76. The molecule has 0 spiro atoms. The van der Waals surface area contributed by atoms with Crippen molar-refractivity contribution < 1.29 is 17.6 Å². The lowest BCUT2D eigenvalue weighted by molar-refractivity contribution is 0.508. The Hall–Kier alpha value is -2.04. The van der Waals surface area contributed by atoms with Crippen molar-refractivity contribution in [3.8, 4) is 0 Å². The molecule has 0 heterocycles. The number of benzene rings is 2. The zero-order valence-corrected chi connectivity index (χ0v) is 10.1. The van der Waals surface area contributed by atoms with Crippen LogP contribution in [0.1, 0.15) is 18.5 Å². The highest BCUT2D eigenvalue weighted by Crippen LogP contribution is 2.26. The molecule has 100 valence electrons. The summed E-state index contributed by atoms with van der Waals surface area (Å²) in [6.07, 6.45) is 0. The van der Waals surface area contributed by atoms with Crippen LogP contribution in [0.4, 0.5) is 23.2 Å². The van der Waals surface area contributed by atoms with Gasteiger partial charge in [0.25, 0.3) is 0 Å². The molecule has 5 heteroatoms. The molecule has 1 atom stereocenters. The summed E-state index contributed by atoms with van der Waals surface area (Å²) >= 11 is 0. The van der Waals surface area contributed by atoms with Crippen molar-refractivity contribution in [3.05, 3.63) is 65.2 Å². The van der Waals surface area contributed by atoms with E-state index in [0.29, 0.717) is 0 Å². The molecular weight excluding hydrogens is 258 g/mol. The molecule has 1 nitrogen and oxygen atoms in total. The molecule has 2 rings (SSSR count). The van der Waals surface area contributed by atoms with Gasteiger partial charge < -0.3 is 5.32 Å². The van der Waals surface area contributed by atoms with Crippen LogP contribution in [0.5, 0.6) is 0 Å². The van der Waals surface area contributed by atoms with Gasteiger partial charge in [-0.3, -0.25) is 0 Å². The normalized spacial score (nSPS) is 12.3. The maximum Gasteiger partial charge on any atom is 0.181 e. The topological polar surface area (TPSA) is 12.0 Å². The molecule has 2 aromatic carbocycles. The fourth-order valence-electron chi connectivity index (χ4n) is 1.85. The van der Waals surface area contributed by atoms with E-state index in [1.165, 1.54) is 25.1 Å². The predicted octanol–water partition coefficient (Wildman–Crippen LogP) is 4.42. The molecule has 0 aliphatic heterocycles. The SMILES string of the molecule is CC(Nc1cccc(F)c1F)c1c(F)cccc1F. The molecule has 0 fully saturated rings. The fraction of sp³-hybridized carbons (Fsp3) is 0.143. The molecule has 1 N–H and O–H groups in total. The summed E-state index contributed by atoms with van der Waals surface area (Å²) in [5.41, 5.74) is -0.360. The summed E-state index contributed by atoms with van der Waals surface area (Å²) in [5, 5.41) is 2.55. The number of hydrogen-bond acceptors (Lipinski definition) is 1. The predicted molar refractivity (Wildman–Crippen MR) is 64.8 cm³/mol. The average Bonchev–Trinajstić information content (AvgIpc) is 2.35. The largest absolute Gasteiger partial charge is 0.376 e. The summed E-state index contributed by atoms with van der Waals surface area (Å²) in [5.74, 6) is -3.58. The van der Waals surface area contributed by atoms with E-state index in [0.717, 1.165) is 18.2 Å². The Morgan fingerprint density at radius 2 is 1.37 bits per heavy atom. The van der Waals surface area contributed by atoms with Gasteiger partial charge in [0.1, 0.15) is 11.6 Å². The highest BCUT2D eigenvalue weighted by molar-refractivity contribution is 5.47. The highest BCUT2D eigenvalue weighted by Gasteiger charge is 2.17. The third-order valence-electron chi connectivity index (χ3n) is 2.76. The first-order chi connectivity index (χ1) is 9.00. The minimum Gasteiger partial charge on any atom is -0.376 e. The first-order valence-corrected chi connectivity index (χ1v) is 5.65. The number of hydrogen-bond donors (Lipinski definition) is 1. The van der Waals surface area contributed by atoms with Gasteiger partial charge in [-0.15, -0.1) is 0 Å². The molecule has 19 heavy (non-hydrogen) atoms. The minimum absolute atomic E-state index is 0.143. The molecule has 0 saturated heterocycles. The summed E-state index contributed by atoms with van der Waals surface area (Å²) in [6, 6.07) is 6.20. The van der Waals surface area contributed by atoms with E-state index in [-0.39, 0.29) is 11.3 Å². The summed E-state index contributed by atoms with van der Waals surface area (Å²) in [6.45, 7) is 1.46. The Kier molecular flexibility index (Phi) is 3.74. The van der Waals surface area contributed by atoms with Crippen LogP contribution in [0.2, 0.25) is 0 Å². The minimum atomic E-state index is -1.08. The van der Waals surface area contributed by atoms with Crippen LogP contribution in [0, 0.1) is 23.3 Å². The summed E-state index contributed by atoms with van der Waals surface area (Å²) in [4.78, 5) is 0. The zero-order chi connectivity index (χ0) is 14.0. The Balaban J connectivity index is 2.31. The standard InChI is InChI=1S/C14H11F4N/c1-8(13-9(15)4-2-5-10(13)16)19-12-7-3-6-11(17)14(12)18/h2-8,19H,1H3. The van der Waals surface area contributed by atoms with Crippen molar-refractivity contribution in [1.82, 2.24) is 0 Å². The van der Waals surface area contributed by atoms with Gasteiger partial charge in [0.05, 0.1) is 11.7 Å². The van der Waals surface area contributed by atoms with Gasteiger partial charge in [0.2, 0.25) is 0 Å². The molecule has 0 amide bonds. The Morgan fingerprint density at radius 3 is 2.00 bits per heavy atom. The lowest BCUT2D eigenvalue weighted by atomic mass is 10.1. The van der Waals surface area contributed by atoms with Crippen molar-refractivity contribution in [2.75, 3.05) is 5.32 Å². The van der Waals surface area contributed by atoms with Gasteiger partial charge in [0.15, 0.2) is 11.6 Å². The van der Waals surface area contributed by atoms with Crippen molar-refractivity contribution in [1.29, 1.82) is 0 Å². The molecule has 0 bridgehead atoms. The van der Waals surface area contributed by atoms with Gasteiger partial charge in [-0.05, 0) is 31.2 Å². The summed E-state index contributed by atoms with van der Waals surface area (Å²) < 4.78 is 53.6. The molecule has 0 saturated carbocycles. The van der Waals surface area contributed by atoms with E-state index in [1.54, 1.807) is 0 Å². The highest BCUT2D eigenvalue weighted by atomic mass is 19.2. The zero-order valence-electron chi connectivity index (χ0n) is 10.1. The first-order valence-electron chi connectivity index (χ1n) is 5.65. The van der Waals surface area contributed by atoms with Crippen LogP contribution in [-0.4, -0.2) is 0 Å². The van der Waals surface area contributed by atoms with Crippen LogP contribution < -0.4 is 5.32 Å². The van der Waals surface area contributed by atoms with Crippen molar-refractivity contribution >= 4 is 5.69 Å². The second-order valence-corrected chi connectivity index (χ2v) is 4.10. The second-order valence-electron chi connectivity index (χ2n) is 4.10. The van der Waals surface area contributed by atoms with E-state index >= 15 is 0 Å². The number of rotatable bonds is 3. The van der Waals surface area contributed by atoms with E-state index < -0.39 is 29.3 Å². The van der Waals surface area contributed by atoms with E-state index in [4.69, 9.17) is 0 Å². The van der Waals surface area contributed by atoms with Crippen LogP contribution >= 0.6 is 0 Å². The Labute approximate surface area is 107 Å². The van der Waals surface area contributed by atoms with E-state index in [1.807, 2.05) is 0 Å². The maximum absolute atomic E-state index is 13.5. The number of halogens is 4. The van der Waals surface area contributed by atoms with Crippen molar-refractivity contribution in [2.24, 2.45) is 0 Å². The Bertz CT molecular complexity index is 578. The average molecular weight is 269 g/mol. The molecule has 1 unspecified atom stereocenters. The van der Waals surface area contributed by atoms with E-state index in [2.05, 4.69) is 5.32 Å². The van der Waals surface area contributed by atoms with Crippen LogP contribution in [0.15, 0.2) is 36.4 Å². The molecule has 0 aliphatic rings. The van der Waals surface area contributed by atoms with Crippen molar-refractivity contribution in [2.45, 2.75) is 13.0 Å². The third kappa shape index (κ3) is 2.70. The first kappa shape index (κ1) is 13.4. The quantitative estimate of drug-likeness (QED) is 0.813. The lowest BCUT2D eigenvalue weighted by Gasteiger charge is -2.17. The second kappa shape index (κ2) is 5.30. The molecule has 0 aromatic heterocycles. The van der Waals surface area contributed by atoms with Gasteiger partial charge in [-0.2, -0.15) is 0 Å². The molecule has 0 aliphatic carbocycles. The van der Waals surface area contributed by atoms with Gasteiger partial charge in [-0.1, -0.05) is 12.1 Å². The van der Waals surface area contributed by atoms with Crippen molar-refractivity contribution in [3.63, 3.8) is 0 Å². The smallest absolute Gasteiger partial charge is 0.181 e. The van der Waals surface area contributed by atoms with E-state index in [9.17, 15) is 17.6 Å². The van der Waals surface area contributed by atoms with Gasteiger partial charge in [0, 0.05) is 5.56 Å². The number of anilines is 1. The monoisotopic (exact) mass is 269 g/mol. The lowest BCUT2D eigenvalue weighted by Crippen LogP contribution is -2.12. The summed E-state index contributed by atoms with van der Waals surface area (Å²) in [7, 11) is 0. The van der Waals surface area contributed by atoms with Gasteiger partial charge in [-0.25, -0.2) is 17.6 Å². The Morgan fingerprint density at radius 1 is 0.842 bits per heavy atom. The molecule has 2 aromatic rings. The fourth-order valence-corrected chi connectivity index (χ4v) is 1.85. The van der Waals surface area contributed by atoms with Crippen LogP contribution in [-0.2, 0) is 0 Å². The molecule has 0 radical (unpaired) electrons. The number of nitrogens with one attached hydrogen (secondary N) is 1. The molecular formula is C14H11F4N. The maximum atomic E-state index is 13.5. The van der Waals surface area contributed by atoms with Gasteiger partial charge >= 0.3 is 0 Å².